The SMILES string of the molecule is Nc1nnc(-c2ccccc2O)cc1OCCc1ccc(C(=O)O)cc1. The first-order valence-electron chi connectivity index (χ1n) is 7.91. The number of phenols is 1. The molecule has 0 amide bonds. The third-order valence-electron chi connectivity index (χ3n) is 3.81. The molecule has 26 heavy (non-hydrogen) atoms. The first-order chi connectivity index (χ1) is 12.5. The summed E-state index contributed by atoms with van der Waals surface area (Å²) in [5.41, 5.74) is 7.99. The lowest BCUT2D eigenvalue weighted by Crippen LogP contribution is -2.06. The topological polar surface area (TPSA) is 119 Å². The van der Waals surface area contributed by atoms with E-state index in [0.717, 1.165) is 5.56 Å². The van der Waals surface area contributed by atoms with Crippen LogP contribution in [-0.2, 0) is 6.42 Å². The molecule has 1 heterocycles. The summed E-state index contributed by atoms with van der Waals surface area (Å²) in [6, 6.07) is 15.0. The van der Waals surface area contributed by atoms with Crippen LogP contribution < -0.4 is 10.5 Å². The minimum absolute atomic E-state index is 0.0936. The smallest absolute Gasteiger partial charge is 0.335 e. The molecule has 3 aromatic rings. The molecule has 0 fully saturated rings. The number of carboxylic acid groups (broad SMARTS) is 1. The van der Waals surface area contributed by atoms with Gasteiger partial charge in [-0.3, -0.25) is 0 Å². The number of carbonyl (C=O) groups is 1. The van der Waals surface area contributed by atoms with Crippen molar-refractivity contribution in [2.45, 2.75) is 6.42 Å². The van der Waals surface area contributed by atoms with E-state index in [0.29, 0.717) is 30.0 Å². The Labute approximate surface area is 149 Å². The van der Waals surface area contributed by atoms with E-state index in [4.69, 9.17) is 15.6 Å². The van der Waals surface area contributed by atoms with Gasteiger partial charge in [-0.1, -0.05) is 24.3 Å². The second-order valence-electron chi connectivity index (χ2n) is 5.60. The quantitative estimate of drug-likeness (QED) is 0.625. The van der Waals surface area contributed by atoms with Crippen LogP contribution in [0.25, 0.3) is 11.3 Å². The van der Waals surface area contributed by atoms with Gasteiger partial charge in [0.1, 0.15) is 11.4 Å². The van der Waals surface area contributed by atoms with E-state index >= 15 is 0 Å². The maximum absolute atomic E-state index is 10.9. The number of hydrogen-bond donors (Lipinski definition) is 3. The molecular weight excluding hydrogens is 334 g/mol. The van der Waals surface area contributed by atoms with Gasteiger partial charge >= 0.3 is 5.97 Å². The molecule has 2 aromatic carbocycles. The number of aromatic carboxylic acids is 1. The number of hydrogen-bond acceptors (Lipinski definition) is 6. The second-order valence-corrected chi connectivity index (χ2v) is 5.60. The number of rotatable bonds is 6. The minimum Gasteiger partial charge on any atom is -0.507 e. The number of phenolic OH excluding ortho intramolecular Hbond substituents is 1. The van der Waals surface area contributed by atoms with Gasteiger partial charge in [-0.25, -0.2) is 4.79 Å². The summed E-state index contributed by atoms with van der Waals surface area (Å²) in [6.45, 7) is 0.336. The third kappa shape index (κ3) is 3.89. The molecule has 132 valence electrons. The summed E-state index contributed by atoms with van der Waals surface area (Å²) in [5, 5.41) is 26.7. The van der Waals surface area contributed by atoms with E-state index < -0.39 is 5.97 Å². The Morgan fingerprint density at radius 3 is 2.50 bits per heavy atom. The summed E-state index contributed by atoms with van der Waals surface area (Å²) in [4.78, 5) is 10.9. The molecule has 4 N–H and O–H groups in total. The number of para-hydroxylation sites is 1. The normalized spacial score (nSPS) is 10.5. The van der Waals surface area contributed by atoms with E-state index in [9.17, 15) is 9.90 Å². The fourth-order valence-corrected chi connectivity index (χ4v) is 2.41. The fourth-order valence-electron chi connectivity index (χ4n) is 2.41. The van der Waals surface area contributed by atoms with Crippen molar-refractivity contribution in [3.05, 3.63) is 65.7 Å². The van der Waals surface area contributed by atoms with Crippen LogP contribution in [-0.4, -0.2) is 33.0 Å². The number of carboxylic acids is 1. The highest BCUT2D eigenvalue weighted by molar-refractivity contribution is 5.87. The van der Waals surface area contributed by atoms with Crippen LogP contribution in [0.3, 0.4) is 0 Å². The van der Waals surface area contributed by atoms with Crippen LogP contribution >= 0.6 is 0 Å². The summed E-state index contributed by atoms with van der Waals surface area (Å²) >= 11 is 0. The average Bonchev–Trinajstić information content (AvgIpc) is 2.64. The third-order valence-corrected chi connectivity index (χ3v) is 3.81. The molecule has 0 atom stereocenters. The Balaban J connectivity index is 1.69. The van der Waals surface area contributed by atoms with Crippen molar-refractivity contribution >= 4 is 11.8 Å². The summed E-state index contributed by atoms with van der Waals surface area (Å²) in [6.07, 6.45) is 0.577. The number of ether oxygens (including phenoxy) is 1. The van der Waals surface area contributed by atoms with Gasteiger partial charge in [0.25, 0.3) is 0 Å². The van der Waals surface area contributed by atoms with Gasteiger partial charge < -0.3 is 20.7 Å². The highest BCUT2D eigenvalue weighted by atomic mass is 16.5. The number of aromatic nitrogens is 2. The Kier molecular flexibility index (Phi) is 4.98. The molecule has 0 unspecified atom stereocenters. The maximum atomic E-state index is 10.9. The molecule has 0 radical (unpaired) electrons. The molecule has 0 saturated carbocycles. The van der Waals surface area contributed by atoms with E-state index in [1.165, 1.54) is 0 Å². The van der Waals surface area contributed by atoms with Gasteiger partial charge in [-0.05, 0) is 29.8 Å². The van der Waals surface area contributed by atoms with Crippen molar-refractivity contribution in [1.29, 1.82) is 0 Å². The molecule has 0 bridgehead atoms. The lowest BCUT2D eigenvalue weighted by molar-refractivity contribution is 0.0697. The minimum atomic E-state index is -0.958. The Morgan fingerprint density at radius 2 is 1.81 bits per heavy atom. The van der Waals surface area contributed by atoms with E-state index in [-0.39, 0.29) is 17.1 Å². The zero-order valence-corrected chi connectivity index (χ0v) is 13.8. The molecule has 0 spiro atoms. The summed E-state index contributed by atoms with van der Waals surface area (Å²) < 4.78 is 5.69. The largest absolute Gasteiger partial charge is 0.507 e. The average molecular weight is 351 g/mol. The van der Waals surface area contributed by atoms with Gasteiger partial charge in [0, 0.05) is 18.1 Å². The van der Waals surface area contributed by atoms with Crippen molar-refractivity contribution in [1.82, 2.24) is 10.2 Å². The second kappa shape index (κ2) is 7.52. The van der Waals surface area contributed by atoms with Crippen LogP contribution in [0.4, 0.5) is 5.82 Å². The van der Waals surface area contributed by atoms with Crippen molar-refractivity contribution in [2.24, 2.45) is 0 Å². The Bertz CT molecular complexity index is 926. The molecule has 7 heteroatoms. The molecule has 0 saturated heterocycles. The first-order valence-corrected chi connectivity index (χ1v) is 7.91. The van der Waals surface area contributed by atoms with Crippen LogP contribution in [0.1, 0.15) is 15.9 Å². The first kappa shape index (κ1) is 17.2. The Hall–Kier alpha value is -3.61. The van der Waals surface area contributed by atoms with Crippen LogP contribution in [0.5, 0.6) is 11.5 Å². The van der Waals surface area contributed by atoms with E-state index in [1.54, 1.807) is 54.6 Å². The van der Waals surface area contributed by atoms with Crippen molar-refractivity contribution < 1.29 is 19.7 Å². The predicted octanol–water partition coefficient (Wildman–Crippen LogP) is 2.75. The molecule has 0 aliphatic heterocycles. The molecule has 1 aromatic heterocycles. The van der Waals surface area contributed by atoms with Gasteiger partial charge in [-0.2, -0.15) is 0 Å². The molecule has 0 aliphatic carbocycles. The maximum Gasteiger partial charge on any atom is 0.335 e. The van der Waals surface area contributed by atoms with E-state index in [1.807, 2.05) is 0 Å². The summed E-state index contributed by atoms with van der Waals surface area (Å²) in [5.74, 6) is -0.332. The number of aromatic hydroxyl groups is 1. The van der Waals surface area contributed by atoms with Gasteiger partial charge in [0.15, 0.2) is 11.6 Å². The Morgan fingerprint density at radius 1 is 1.08 bits per heavy atom. The number of nitrogens with two attached hydrogens (primary N) is 1. The number of benzene rings is 2. The lowest BCUT2D eigenvalue weighted by Gasteiger charge is -2.10. The number of nitrogens with zero attached hydrogens (tertiary/aromatic N) is 2. The monoisotopic (exact) mass is 351 g/mol. The van der Waals surface area contributed by atoms with Gasteiger partial charge in [0.2, 0.25) is 0 Å². The standard InChI is InChI=1S/C19H17N3O4/c20-18-17(11-15(21-22-18)14-3-1-2-4-16(14)23)26-10-9-12-5-7-13(8-6-12)19(24)25/h1-8,11,23H,9-10H2,(H2,20,22)(H,24,25). The molecule has 3 rings (SSSR count). The van der Waals surface area contributed by atoms with E-state index in [2.05, 4.69) is 10.2 Å². The van der Waals surface area contributed by atoms with Gasteiger partial charge in [-0.15, -0.1) is 10.2 Å². The van der Waals surface area contributed by atoms with Crippen molar-refractivity contribution in [3.63, 3.8) is 0 Å². The predicted molar refractivity (Wildman–Crippen MR) is 96.1 cm³/mol. The highest BCUT2D eigenvalue weighted by Gasteiger charge is 2.10. The number of nitrogen functional groups attached to an aromatic ring is 1. The molecular formula is C19H17N3O4. The zero-order chi connectivity index (χ0) is 18.5. The fraction of sp³-hybridized carbons (Fsp3) is 0.105. The zero-order valence-electron chi connectivity index (χ0n) is 13.8. The van der Waals surface area contributed by atoms with Crippen LogP contribution in [0.2, 0.25) is 0 Å². The van der Waals surface area contributed by atoms with Crippen molar-refractivity contribution in [3.8, 4) is 22.8 Å². The highest BCUT2D eigenvalue weighted by Crippen LogP contribution is 2.30. The molecule has 7 nitrogen and oxygen atoms in total. The van der Waals surface area contributed by atoms with Gasteiger partial charge in [0.05, 0.1) is 12.2 Å². The van der Waals surface area contributed by atoms with Crippen molar-refractivity contribution in [2.75, 3.05) is 12.3 Å². The molecule has 0 aliphatic rings. The summed E-state index contributed by atoms with van der Waals surface area (Å²) in [7, 11) is 0. The van der Waals surface area contributed by atoms with Crippen LogP contribution in [0, 0.1) is 0 Å². The lowest BCUT2D eigenvalue weighted by atomic mass is 10.1. The number of anilines is 1. The van der Waals surface area contributed by atoms with Crippen LogP contribution in [0.15, 0.2) is 54.6 Å².